The minimum Gasteiger partial charge on any atom is -0.478 e. The third-order valence-corrected chi connectivity index (χ3v) is 5.35. The molecule has 2 fully saturated rings. The molecule has 1 atom stereocenters. The standard InChI is InChI=1S/C18H25N5O/c1-24-18-17(19-7-8-21-18)22-10-3-6-15(13-22)16-20-9-11-23(16)12-14-4-2-5-14/h7-9,11,14-15H,2-6,10,12-13H2,1H3. The fourth-order valence-electron chi connectivity index (χ4n) is 3.85. The van der Waals surface area contributed by atoms with Crippen molar-refractivity contribution in [1.82, 2.24) is 19.5 Å². The first kappa shape index (κ1) is 15.4. The number of hydrogen-bond acceptors (Lipinski definition) is 5. The van der Waals surface area contributed by atoms with Crippen LogP contribution in [0, 0.1) is 5.92 Å². The van der Waals surface area contributed by atoms with Crippen molar-refractivity contribution >= 4 is 5.82 Å². The van der Waals surface area contributed by atoms with Gasteiger partial charge in [-0.3, -0.25) is 0 Å². The van der Waals surface area contributed by atoms with E-state index >= 15 is 0 Å². The minimum atomic E-state index is 0.445. The molecule has 128 valence electrons. The van der Waals surface area contributed by atoms with E-state index in [1.807, 2.05) is 6.20 Å². The lowest BCUT2D eigenvalue weighted by atomic mass is 9.85. The summed E-state index contributed by atoms with van der Waals surface area (Å²) in [6.45, 7) is 3.05. The van der Waals surface area contributed by atoms with Gasteiger partial charge in [-0.15, -0.1) is 0 Å². The van der Waals surface area contributed by atoms with Crippen LogP contribution in [0.25, 0.3) is 0 Å². The summed E-state index contributed by atoms with van der Waals surface area (Å²) < 4.78 is 7.77. The number of piperidine rings is 1. The van der Waals surface area contributed by atoms with E-state index in [1.54, 1.807) is 19.5 Å². The Morgan fingerprint density at radius 2 is 1.96 bits per heavy atom. The van der Waals surface area contributed by atoms with Gasteiger partial charge in [0.1, 0.15) is 5.82 Å². The second kappa shape index (κ2) is 6.79. The molecule has 0 aromatic carbocycles. The first-order valence-electron chi connectivity index (χ1n) is 8.96. The molecule has 2 aromatic heterocycles. The van der Waals surface area contributed by atoms with E-state index in [0.717, 1.165) is 37.8 Å². The van der Waals surface area contributed by atoms with Crippen molar-refractivity contribution in [1.29, 1.82) is 0 Å². The van der Waals surface area contributed by atoms with E-state index < -0.39 is 0 Å². The molecule has 6 heteroatoms. The molecule has 0 radical (unpaired) electrons. The summed E-state index contributed by atoms with van der Waals surface area (Å²) in [5, 5.41) is 0. The van der Waals surface area contributed by atoms with E-state index in [0.29, 0.717) is 11.8 Å². The maximum atomic E-state index is 5.39. The maximum Gasteiger partial charge on any atom is 0.257 e. The van der Waals surface area contributed by atoms with Crippen LogP contribution in [0.2, 0.25) is 0 Å². The highest BCUT2D eigenvalue weighted by atomic mass is 16.5. The van der Waals surface area contributed by atoms with Crippen LogP contribution >= 0.6 is 0 Å². The molecule has 24 heavy (non-hydrogen) atoms. The van der Waals surface area contributed by atoms with Crippen LogP contribution in [0.15, 0.2) is 24.8 Å². The third kappa shape index (κ3) is 2.97. The van der Waals surface area contributed by atoms with Crippen LogP contribution in [0.1, 0.15) is 43.8 Å². The van der Waals surface area contributed by atoms with Gasteiger partial charge in [0.05, 0.1) is 7.11 Å². The van der Waals surface area contributed by atoms with Gasteiger partial charge >= 0.3 is 0 Å². The van der Waals surface area contributed by atoms with Crippen molar-refractivity contribution in [2.45, 2.75) is 44.6 Å². The van der Waals surface area contributed by atoms with Crippen molar-refractivity contribution in [3.05, 3.63) is 30.6 Å². The highest BCUT2D eigenvalue weighted by Crippen LogP contribution is 2.33. The molecule has 0 amide bonds. The molecule has 1 saturated carbocycles. The molecule has 0 spiro atoms. The van der Waals surface area contributed by atoms with Gasteiger partial charge in [0, 0.05) is 50.3 Å². The third-order valence-electron chi connectivity index (χ3n) is 5.35. The largest absolute Gasteiger partial charge is 0.478 e. The van der Waals surface area contributed by atoms with Gasteiger partial charge in [0.15, 0.2) is 5.82 Å². The first-order valence-corrected chi connectivity index (χ1v) is 8.96. The van der Waals surface area contributed by atoms with Crippen molar-refractivity contribution in [2.75, 3.05) is 25.1 Å². The Balaban J connectivity index is 1.52. The Morgan fingerprint density at radius 1 is 1.08 bits per heavy atom. The highest BCUT2D eigenvalue weighted by molar-refractivity contribution is 5.48. The van der Waals surface area contributed by atoms with Crippen molar-refractivity contribution in [2.24, 2.45) is 5.92 Å². The summed E-state index contributed by atoms with van der Waals surface area (Å²) in [6, 6.07) is 0. The number of nitrogens with zero attached hydrogens (tertiary/aromatic N) is 5. The number of ether oxygens (including phenoxy) is 1. The number of methoxy groups -OCH3 is 1. The maximum absolute atomic E-state index is 5.39. The van der Waals surface area contributed by atoms with Crippen LogP contribution < -0.4 is 9.64 Å². The molecule has 0 bridgehead atoms. The van der Waals surface area contributed by atoms with E-state index in [9.17, 15) is 0 Å². The summed E-state index contributed by atoms with van der Waals surface area (Å²) in [4.78, 5) is 15.8. The fourth-order valence-corrected chi connectivity index (χ4v) is 3.85. The van der Waals surface area contributed by atoms with E-state index in [2.05, 4.69) is 25.6 Å². The molecule has 0 N–H and O–H groups in total. The Kier molecular flexibility index (Phi) is 4.36. The van der Waals surface area contributed by atoms with Gasteiger partial charge in [-0.05, 0) is 31.6 Å². The predicted molar refractivity (Wildman–Crippen MR) is 92.3 cm³/mol. The van der Waals surface area contributed by atoms with Crippen molar-refractivity contribution in [3.63, 3.8) is 0 Å². The van der Waals surface area contributed by atoms with Crippen LogP contribution in [-0.4, -0.2) is 39.7 Å². The molecular weight excluding hydrogens is 302 g/mol. The van der Waals surface area contributed by atoms with Crippen LogP contribution in [0.5, 0.6) is 5.88 Å². The molecule has 1 saturated heterocycles. The summed E-state index contributed by atoms with van der Waals surface area (Å²) in [6.07, 6.45) is 14.0. The molecule has 4 rings (SSSR count). The SMILES string of the molecule is COc1nccnc1N1CCCC(c2nccn2CC2CCC2)C1. The second-order valence-corrected chi connectivity index (χ2v) is 6.91. The van der Waals surface area contributed by atoms with Crippen LogP contribution in [0.3, 0.4) is 0 Å². The molecule has 1 aliphatic heterocycles. The van der Waals surface area contributed by atoms with Crippen LogP contribution in [-0.2, 0) is 6.54 Å². The molecule has 2 aromatic rings. The Bertz CT molecular complexity index is 682. The van der Waals surface area contributed by atoms with Gasteiger partial charge in [-0.1, -0.05) is 6.42 Å². The molecule has 6 nitrogen and oxygen atoms in total. The van der Waals surface area contributed by atoms with Crippen LogP contribution in [0.4, 0.5) is 5.82 Å². The summed E-state index contributed by atoms with van der Waals surface area (Å²) in [7, 11) is 1.65. The Morgan fingerprint density at radius 3 is 2.75 bits per heavy atom. The zero-order chi connectivity index (χ0) is 16.4. The Labute approximate surface area is 142 Å². The Hall–Kier alpha value is -2.11. The highest BCUT2D eigenvalue weighted by Gasteiger charge is 2.28. The van der Waals surface area contributed by atoms with Gasteiger partial charge in [0.2, 0.25) is 0 Å². The molecule has 2 aliphatic rings. The fraction of sp³-hybridized carbons (Fsp3) is 0.611. The zero-order valence-electron chi connectivity index (χ0n) is 14.3. The lowest BCUT2D eigenvalue weighted by molar-refractivity contribution is 0.270. The lowest BCUT2D eigenvalue weighted by Crippen LogP contribution is -2.36. The number of hydrogen-bond donors (Lipinski definition) is 0. The molecule has 1 aliphatic carbocycles. The topological polar surface area (TPSA) is 56.1 Å². The predicted octanol–water partition coefficient (Wildman–Crippen LogP) is 2.87. The molecule has 3 heterocycles. The average molecular weight is 327 g/mol. The quantitative estimate of drug-likeness (QED) is 0.845. The molecular formula is C18H25N5O. The second-order valence-electron chi connectivity index (χ2n) is 6.91. The van der Waals surface area contributed by atoms with Gasteiger partial charge in [-0.25, -0.2) is 15.0 Å². The minimum absolute atomic E-state index is 0.445. The number of aromatic nitrogens is 4. The number of imidazole rings is 1. The summed E-state index contributed by atoms with van der Waals surface area (Å²) >= 11 is 0. The van der Waals surface area contributed by atoms with Crippen molar-refractivity contribution < 1.29 is 4.74 Å². The molecule has 1 unspecified atom stereocenters. The van der Waals surface area contributed by atoms with Gasteiger partial charge in [0.25, 0.3) is 5.88 Å². The van der Waals surface area contributed by atoms with E-state index in [4.69, 9.17) is 9.72 Å². The average Bonchev–Trinajstić information content (AvgIpc) is 3.06. The van der Waals surface area contributed by atoms with Gasteiger partial charge < -0.3 is 14.2 Å². The zero-order valence-corrected chi connectivity index (χ0v) is 14.3. The first-order chi connectivity index (χ1) is 11.8. The van der Waals surface area contributed by atoms with E-state index in [-0.39, 0.29) is 0 Å². The van der Waals surface area contributed by atoms with Crippen molar-refractivity contribution in [3.8, 4) is 5.88 Å². The smallest absolute Gasteiger partial charge is 0.257 e. The monoisotopic (exact) mass is 327 g/mol. The summed E-state index contributed by atoms with van der Waals surface area (Å²) in [5.74, 6) is 3.98. The van der Waals surface area contributed by atoms with Gasteiger partial charge in [-0.2, -0.15) is 0 Å². The number of rotatable bonds is 5. The summed E-state index contributed by atoms with van der Waals surface area (Å²) in [5.41, 5.74) is 0. The van der Waals surface area contributed by atoms with E-state index in [1.165, 1.54) is 31.5 Å². The lowest BCUT2D eigenvalue weighted by Gasteiger charge is -2.34. The number of anilines is 1. The normalized spacial score (nSPS) is 21.5.